The second kappa shape index (κ2) is 8.23. The molecule has 0 saturated heterocycles. The minimum Gasteiger partial charge on any atom is -0.465 e. The second-order valence-electron chi connectivity index (χ2n) is 6.82. The van der Waals surface area contributed by atoms with Crippen molar-refractivity contribution < 1.29 is 14.3 Å². The Labute approximate surface area is 176 Å². The maximum absolute atomic E-state index is 13.1. The monoisotopic (exact) mass is 417 g/mol. The van der Waals surface area contributed by atoms with Gasteiger partial charge in [-0.05, 0) is 43.3 Å². The molecular formula is C22H19N5O4. The summed E-state index contributed by atoms with van der Waals surface area (Å²) < 4.78 is 7.32. The average Bonchev–Trinajstić information content (AvgIpc) is 3.24. The van der Waals surface area contributed by atoms with Crippen LogP contribution in [-0.4, -0.2) is 38.5 Å². The molecule has 0 spiro atoms. The molecule has 0 aliphatic heterocycles. The van der Waals surface area contributed by atoms with Crippen LogP contribution in [0.2, 0.25) is 0 Å². The number of para-hydroxylation sites is 1. The van der Waals surface area contributed by atoms with Crippen molar-refractivity contribution in [3.05, 3.63) is 82.4 Å². The average molecular weight is 417 g/mol. The summed E-state index contributed by atoms with van der Waals surface area (Å²) in [6.07, 6.45) is 1.60. The van der Waals surface area contributed by atoms with Gasteiger partial charge in [0.2, 0.25) is 5.91 Å². The van der Waals surface area contributed by atoms with Crippen LogP contribution in [0.15, 0.2) is 65.6 Å². The number of benzene rings is 2. The molecule has 0 atom stereocenters. The normalized spacial score (nSPS) is 10.8. The van der Waals surface area contributed by atoms with E-state index in [4.69, 9.17) is 0 Å². The van der Waals surface area contributed by atoms with E-state index in [9.17, 15) is 14.4 Å². The maximum Gasteiger partial charge on any atom is 0.337 e. The molecule has 1 N–H and O–H groups in total. The highest BCUT2D eigenvalue weighted by atomic mass is 16.5. The van der Waals surface area contributed by atoms with E-state index in [0.29, 0.717) is 27.8 Å². The van der Waals surface area contributed by atoms with E-state index in [-0.39, 0.29) is 6.54 Å². The largest absolute Gasteiger partial charge is 0.465 e. The smallest absolute Gasteiger partial charge is 0.337 e. The SMILES string of the molecule is COC(=O)c1ccc(NC(=O)Cn2nc(C)c3cnn(-c4ccccc4)c3c2=O)cc1. The first kappa shape index (κ1) is 20.0. The van der Waals surface area contributed by atoms with Crippen LogP contribution >= 0.6 is 0 Å². The number of ether oxygens (including phenoxy) is 1. The van der Waals surface area contributed by atoms with Crippen LogP contribution in [-0.2, 0) is 16.1 Å². The third-order valence-corrected chi connectivity index (χ3v) is 4.75. The Hall–Kier alpha value is -4.27. The topological polar surface area (TPSA) is 108 Å². The number of esters is 1. The van der Waals surface area contributed by atoms with Gasteiger partial charge in [0.1, 0.15) is 12.1 Å². The molecule has 4 aromatic rings. The van der Waals surface area contributed by atoms with Crippen molar-refractivity contribution in [1.29, 1.82) is 0 Å². The summed E-state index contributed by atoms with van der Waals surface area (Å²) >= 11 is 0. The molecule has 0 fully saturated rings. The highest BCUT2D eigenvalue weighted by Crippen LogP contribution is 2.17. The highest BCUT2D eigenvalue weighted by Gasteiger charge is 2.16. The fourth-order valence-electron chi connectivity index (χ4n) is 3.24. The molecule has 156 valence electrons. The van der Waals surface area contributed by atoms with Crippen LogP contribution in [0.4, 0.5) is 5.69 Å². The third kappa shape index (κ3) is 3.93. The number of methoxy groups -OCH3 is 1. The van der Waals surface area contributed by atoms with Crippen molar-refractivity contribution in [2.75, 3.05) is 12.4 Å². The molecule has 31 heavy (non-hydrogen) atoms. The van der Waals surface area contributed by atoms with Gasteiger partial charge in [0.15, 0.2) is 0 Å². The van der Waals surface area contributed by atoms with Gasteiger partial charge in [-0.1, -0.05) is 18.2 Å². The zero-order chi connectivity index (χ0) is 22.0. The lowest BCUT2D eigenvalue weighted by Crippen LogP contribution is -2.31. The third-order valence-electron chi connectivity index (χ3n) is 4.75. The van der Waals surface area contributed by atoms with Gasteiger partial charge in [-0.25, -0.2) is 14.2 Å². The molecule has 0 radical (unpaired) electrons. The van der Waals surface area contributed by atoms with Gasteiger partial charge in [-0.2, -0.15) is 10.2 Å². The zero-order valence-electron chi connectivity index (χ0n) is 16.9. The van der Waals surface area contributed by atoms with E-state index in [2.05, 4.69) is 20.3 Å². The van der Waals surface area contributed by atoms with Crippen LogP contribution < -0.4 is 10.9 Å². The molecule has 9 heteroatoms. The Morgan fingerprint density at radius 1 is 1.06 bits per heavy atom. The Bertz CT molecular complexity index is 1320. The fourth-order valence-corrected chi connectivity index (χ4v) is 3.24. The van der Waals surface area contributed by atoms with Crippen LogP contribution in [0.1, 0.15) is 16.1 Å². The Balaban J connectivity index is 1.61. The minimum absolute atomic E-state index is 0.270. The van der Waals surface area contributed by atoms with Gasteiger partial charge in [0.25, 0.3) is 5.56 Å². The van der Waals surface area contributed by atoms with Gasteiger partial charge in [-0.15, -0.1) is 0 Å². The first-order valence-corrected chi connectivity index (χ1v) is 9.47. The summed E-state index contributed by atoms with van der Waals surface area (Å²) in [4.78, 5) is 37.1. The molecule has 9 nitrogen and oxygen atoms in total. The lowest BCUT2D eigenvalue weighted by Gasteiger charge is -2.09. The van der Waals surface area contributed by atoms with Crippen molar-refractivity contribution in [3.63, 3.8) is 0 Å². The first-order chi connectivity index (χ1) is 15.0. The summed E-state index contributed by atoms with van der Waals surface area (Å²) in [5, 5.41) is 11.9. The number of fused-ring (bicyclic) bond motifs is 1. The molecule has 0 saturated carbocycles. The molecule has 2 heterocycles. The highest BCUT2D eigenvalue weighted by molar-refractivity contribution is 5.93. The number of rotatable bonds is 5. The molecular weight excluding hydrogens is 398 g/mol. The predicted octanol–water partition coefficient (Wildman–Crippen LogP) is 2.32. The van der Waals surface area contributed by atoms with Gasteiger partial charge >= 0.3 is 5.97 Å². The summed E-state index contributed by atoms with van der Waals surface area (Å²) in [7, 11) is 1.30. The lowest BCUT2D eigenvalue weighted by molar-refractivity contribution is -0.117. The minimum atomic E-state index is -0.465. The van der Waals surface area contributed by atoms with Crippen molar-refractivity contribution >= 4 is 28.5 Å². The van der Waals surface area contributed by atoms with E-state index in [1.165, 1.54) is 7.11 Å². The molecule has 0 unspecified atom stereocenters. The van der Waals surface area contributed by atoms with E-state index < -0.39 is 17.4 Å². The van der Waals surface area contributed by atoms with Crippen LogP contribution in [0.25, 0.3) is 16.6 Å². The van der Waals surface area contributed by atoms with Crippen LogP contribution in [0, 0.1) is 6.92 Å². The van der Waals surface area contributed by atoms with E-state index in [1.54, 1.807) is 42.1 Å². The number of amides is 1. The molecule has 4 rings (SSSR count). The summed E-state index contributed by atoms with van der Waals surface area (Å²) in [5.74, 6) is -0.891. The van der Waals surface area contributed by atoms with Crippen LogP contribution in [0.5, 0.6) is 0 Å². The van der Waals surface area contributed by atoms with Gasteiger partial charge in [0.05, 0.1) is 30.3 Å². The number of nitrogens with zero attached hydrogens (tertiary/aromatic N) is 4. The number of hydrogen-bond acceptors (Lipinski definition) is 6. The first-order valence-electron chi connectivity index (χ1n) is 9.47. The fraction of sp³-hybridized carbons (Fsp3) is 0.136. The molecule has 2 aromatic heterocycles. The molecule has 1 amide bonds. The maximum atomic E-state index is 13.1. The zero-order valence-corrected chi connectivity index (χ0v) is 16.9. The standard InChI is InChI=1S/C22H19N5O4/c1-14-18-12-23-27(17-6-4-3-5-7-17)20(18)21(29)26(25-14)13-19(28)24-16-10-8-15(9-11-16)22(30)31-2/h3-12H,13H2,1-2H3,(H,24,28). The van der Waals surface area contributed by atoms with Crippen LogP contribution in [0.3, 0.4) is 0 Å². The van der Waals surface area contributed by atoms with E-state index in [1.807, 2.05) is 30.3 Å². The number of aryl methyl sites for hydroxylation is 1. The summed E-state index contributed by atoms with van der Waals surface area (Å²) in [6, 6.07) is 15.5. The number of anilines is 1. The van der Waals surface area contributed by atoms with Crippen molar-refractivity contribution in [2.24, 2.45) is 0 Å². The lowest BCUT2D eigenvalue weighted by atomic mass is 10.2. The number of carbonyl (C=O) groups excluding carboxylic acids is 2. The van der Waals surface area contributed by atoms with Crippen molar-refractivity contribution in [1.82, 2.24) is 19.6 Å². The summed E-state index contributed by atoms with van der Waals surface area (Å²) in [6.45, 7) is 1.49. The molecule has 0 aliphatic rings. The number of nitrogens with one attached hydrogen (secondary N) is 1. The van der Waals surface area contributed by atoms with Gasteiger partial charge in [0, 0.05) is 11.1 Å². The van der Waals surface area contributed by atoms with Gasteiger partial charge in [-0.3, -0.25) is 9.59 Å². The molecule has 2 aromatic carbocycles. The predicted molar refractivity (Wildman–Crippen MR) is 114 cm³/mol. The Morgan fingerprint density at radius 3 is 2.45 bits per heavy atom. The second-order valence-corrected chi connectivity index (χ2v) is 6.82. The van der Waals surface area contributed by atoms with Crippen molar-refractivity contribution in [3.8, 4) is 5.69 Å². The molecule has 0 bridgehead atoms. The Morgan fingerprint density at radius 2 is 1.77 bits per heavy atom. The quantitative estimate of drug-likeness (QED) is 0.499. The Kier molecular flexibility index (Phi) is 5.31. The van der Waals surface area contributed by atoms with Gasteiger partial charge < -0.3 is 10.1 Å². The van der Waals surface area contributed by atoms with Crippen molar-refractivity contribution in [2.45, 2.75) is 13.5 Å². The van der Waals surface area contributed by atoms with E-state index >= 15 is 0 Å². The summed E-state index contributed by atoms with van der Waals surface area (Å²) in [5.41, 5.74) is 2.12. The number of aromatic nitrogens is 4. The number of hydrogen-bond donors (Lipinski definition) is 1. The van der Waals surface area contributed by atoms with E-state index in [0.717, 1.165) is 10.4 Å². The molecule has 0 aliphatic carbocycles. The number of carbonyl (C=O) groups is 2.